The van der Waals surface area contributed by atoms with Crippen molar-refractivity contribution in [3.05, 3.63) is 24.3 Å². The van der Waals surface area contributed by atoms with E-state index in [2.05, 4.69) is 6.92 Å². The van der Waals surface area contributed by atoms with Crippen LogP contribution in [-0.4, -0.2) is 27.1 Å². The highest BCUT2D eigenvalue weighted by Crippen LogP contribution is 2.22. The molecule has 120 valence electrons. The first-order valence-electron chi connectivity index (χ1n) is 7.01. The number of benzene rings is 1. The molecule has 0 aliphatic heterocycles. The number of unbranched alkanes of at least 4 members (excludes halogenated alkanes) is 1. The predicted octanol–water partition coefficient (Wildman–Crippen LogP) is 2.92. The topological polar surface area (TPSA) is 88.5 Å². The predicted molar refractivity (Wildman–Crippen MR) is 81.6 cm³/mol. The molecule has 1 unspecified atom stereocenters. The van der Waals surface area contributed by atoms with Gasteiger partial charge in [0.25, 0.3) is 10.1 Å². The van der Waals surface area contributed by atoms with Crippen molar-refractivity contribution >= 4 is 20.0 Å². The van der Waals surface area contributed by atoms with Gasteiger partial charge in [0, 0.05) is 0 Å². The molecule has 21 heavy (non-hydrogen) atoms. The Morgan fingerprint density at radius 1 is 1.10 bits per heavy atom. The molecule has 1 rings (SSSR count). The van der Waals surface area contributed by atoms with Crippen LogP contribution in [0, 0.1) is 5.92 Å². The number of hydrogen-bond acceptors (Lipinski definition) is 4. The summed E-state index contributed by atoms with van der Waals surface area (Å²) in [5.74, 6) is 0.0580. The van der Waals surface area contributed by atoms with Crippen molar-refractivity contribution in [2.75, 3.05) is 5.75 Å². The van der Waals surface area contributed by atoms with Gasteiger partial charge in [-0.25, -0.2) is 8.42 Å². The van der Waals surface area contributed by atoms with Crippen molar-refractivity contribution in [2.45, 2.75) is 49.3 Å². The van der Waals surface area contributed by atoms with Crippen LogP contribution in [0.15, 0.2) is 34.1 Å². The van der Waals surface area contributed by atoms with Crippen molar-refractivity contribution in [3.63, 3.8) is 0 Å². The third-order valence-corrected chi connectivity index (χ3v) is 6.19. The molecule has 1 aromatic rings. The summed E-state index contributed by atoms with van der Waals surface area (Å²) in [6.45, 7) is 4.00. The molecule has 1 N–H and O–H groups in total. The van der Waals surface area contributed by atoms with Crippen molar-refractivity contribution in [2.24, 2.45) is 5.92 Å². The van der Waals surface area contributed by atoms with Crippen molar-refractivity contribution < 1.29 is 21.4 Å². The Bertz CT molecular complexity index is 662. The van der Waals surface area contributed by atoms with E-state index in [0.29, 0.717) is 0 Å². The Balaban J connectivity index is 3.02. The summed E-state index contributed by atoms with van der Waals surface area (Å²) in [6, 6.07) is 4.86. The van der Waals surface area contributed by atoms with Gasteiger partial charge in [0.2, 0.25) is 0 Å². The molecule has 0 spiro atoms. The maximum atomic E-state index is 12.4. The fourth-order valence-electron chi connectivity index (χ4n) is 2.13. The quantitative estimate of drug-likeness (QED) is 0.738. The summed E-state index contributed by atoms with van der Waals surface area (Å²) in [5.41, 5.74) is 0. The van der Waals surface area contributed by atoms with Crippen molar-refractivity contribution in [1.29, 1.82) is 0 Å². The average Bonchev–Trinajstić information content (AvgIpc) is 2.42. The van der Waals surface area contributed by atoms with Gasteiger partial charge in [-0.15, -0.1) is 0 Å². The van der Waals surface area contributed by atoms with E-state index in [1.54, 1.807) is 0 Å². The fraction of sp³-hybridized carbons (Fsp3) is 0.571. The normalized spacial score (nSPS) is 14.0. The molecule has 0 heterocycles. The van der Waals surface area contributed by atoms with Crippen molar-refractivity contribution in [1.82, 2.24) is 0 Å². The van der Waals surface area contributed by atoms with Gasteiger partial charge in [-0.05, 0) is 30.5 Å². The third kappa shape index (κ3) is 5.41. The molecular formula is C14H22O5S2. The van der Waals surface area contributed by atoms with Crippen molar-refractivity contribution in [3.8, 4) is 0 Å². The molecule has 0 fully saturated rings. The highest BCUT2D eigenvalue weighted by molar-refractivity contribution is 7.91. The summed E-state index contributed by atoms with van der Waals surface area (Å²) in [6.07, 6.45) is 3.58. The highest BCUT2D eigenvalue weighted by atomic mass is 32.2. The molecule has 0 aliphatic carbocycles. The first-order valence-corrected chi connectivity index (χ1v) is 10.1. The van der Waals surface area contributed by atoms with Gasteiger partial charge >= 0.3 is 0 Å². The van der Waals surface area contributed by atoms with Crippen LogP contribution >= 0.6 is 0 Å². The van der Waals surface area contributed by atoms with E-state index in [-0.39, 0.29) is 16.6 Å². The Hall–Kier alpha value is -0.920. The zero-order valence-corrected chi connectivity index (χ0v) is 14.0. The van der Waals surface area contributed by atoms with Crippen LogP contribution in [0.4, 0.5) is 0 Å². The van der Waals surface area contributed by atoms with E-state index in [4.69, 9.17) is 4.55 Å². The molecule has 1 atom stereocenters. The number of sulfone groups is 1. The molecule has 0 amide bonds. The second kappa shape index (κ2) is 7.38. The second-order valence-corrected chi connectivity index (χ2v) is 8.60. The van der Waals surface area contributed by atoms with E-state index in [1.165, 1.54) is 18.2 Å². The molecule has 5 nitrogen and oxygen atoms in total. The van der Waals surface area contributed by atoms with Crippen LogP contribution in [0.3, 0.4) is 0 Å². The zero-order valence-electron chi connectivity index (χ0n) is 12.3. The minimum absolute atomic E-state index is 0.00156. The summed E-state index contributed by atoms with van der Waals surface area (Å²) in [4.78, 5) is -0.460. The molecule has 1 aromatic carbocycles. The van der Waals surface area contributed by atoms with Gasteiger partial charge in [-0.3, -0.25) is 4.55 Å². The standard InChI is InChI=1S/C14H22O5S2/c1-3-5-7-12(4-2)11-20(15,16)13-8-6-9-14(10-13)21(17,18)19/h6,8-10,12H,3-5,7,11H2,1-2H3,(H,17,18,19). The zero-order chi connectivity index (χ0) is 16.1. The van der Waals surface area contributed by atoms with E-state index >= 15 is 0 Å². The van der Waals surface area contributed by atoms with Gasteiger partial charge in [0.1, 0.15) is 0 Å². The average molecular weight is 334 g/mol. The highest BCUT2D eigenvalue weighted by Gasteiger charge is 2.22. The number of hydrogen-bond donors (Lipinski definition) is 1. The van der Waals surface area contributed by atoms with E-state index < -0.39 is 24.9 Å². The summed E-state index contributed by atoms with van der Waals surface area (Å²) >= 11 is 0. The van der Waals surface area contributed by atoms with Crippen LogP contribution in [0.1, 0.15) is 39.5 Å². The molecular weight excluding hydrogens is 312 g/mol. The van der Waals surface area contributed by atoms with Crippen LogP contribution < -0.4 is 0 Å². The maximum Gasteiger partial charge on any atom is 0.294 e. The van der Waals surface area contributed by atoms with Gasteiger partial charge in [-0.1, -0.05) is 39.2 Å². The molecule has 0 saturated carbocycles. The minimum atomic E-state index is -4.40. The molecule has 0 saturated heterocycles. The molecule has 7 heteroatoms. The monoisotopic (exact) mass is 334 g/mol. The van der Waals surface area contributed by atoms with Gasteiger partial charge < -0.3 is 0 Å². The first-order chi connectivity index (χ1) is 9.70. The third-order valence-electron chi connectivity index (χ3n) is 3.46. The molecule has 0 radical (unpaired) electrons. The fourth-order valence-corrected chi connectivity index (χ4v) is 4.54. The summed E-state index contributed by atoms with van der Waals surface area (Å²) < 4.78 is 55.9. The molecule has 0 bridgehead atoms. The number of rotatable bonds is 8. The lowest BCUT2D eigenvalue weighted by Crippen LogP contribution is -2.16. The molecule has 0 aromatic heterocycles. The second-order valence-electron chi connectivity index (χ2n) is 5.15. The summed E-state index contributed by atoms with van der Waals surface area (Å²) in [7, 11) is -7.96. The van der Waals surface area contributed by atoms with Crippen LogP contribution in [0.25, 0.3) is 0 Å². The van der Waals surface area contributed by atoms with Crippen LogP contribution in [0.5, 0.6) is 0 Å². The smallest absolute Gasteiger partial charge is 0.282 e. The van der Waals surface area contributed by atoms with E-state index in [0.717, 1.165) is 31.7 Å². The van der Waals surface area contributed by atoms with Gasteiger partial charge in [-0.2, -0.15) is 8.42 Å². The minimum Gasteiger partial charge on any atom is -0.282 e. The van der Waals surface area contributed by atoms with Gasteiger partial charge in [0.15, 0.2) is 9.84 Å². The lowest BCUT2D eigenvalue weighted by atomic mass is 10.0. The lowest BCUT2D eigenvalue weighted by Gasteiger charge is -2.15. The Morgan fingerprint density at radius 2 is 1.71 bits per heavy atom. The van der Waals surface area contributed by atoms with E-state index in [9.17, 15) is 16.8 Å². The Labute approximate surface area is 127 Å². The lowest BCUT2D eigenvalue weighted by molar-refractivity contribution is 0.482. The summed E-state index contributed by atoms with van der Waals surface area (Å²) in [5, 5.41) is 0. The SMILES string of the molecule is CCCCC(CC)CS(=O)(=O)c1cccc(S(=O)(=O)O)c1. The van der Waals surface area contributed by atoms with E-state index in [1.807, 2.05) is 6.92 Å². The van der Waals surface area contributed by atoms with Crippen LogP contribution in [-0.2, 0) is 20.0 Å². The Kier molecular flexibility index (Phi) is 6.37. The Morgan fingerprint density at radius 3 is 2.24 bits per heavy atom. The molecule has 0 aliphatic rings. The maximum absolute atomic E-state index is 12.4. The van der Waals surface area contributed by atoms with Crippen LogP contribution in [0.2, 0.25) is 0 Å². The largest absolute Gasteiger partial charge is 0.294 e. The van der Waals surface area contributed by atoms with Gasteiger partial charge in [0.05, 0.1) is 15.5 Å². The first kappa shape index (κ1) is 18.1.